The molecular weight excluding hydrogens is 248 g/mol. The van der Waals surface area contributed by atoms with Crippen LogP contribution in [0, 0.1) is 11.6 Å². The van der Waals surface area contributed by atoms with Crippen LogP contribution in [0.15, 0.2) is 24.3 Å². The second-order valence-electron chi connectivity index (χ2n) is 4.25. The number of benzene rings is 1. The summed E-state index contributed by atoms with van der Waals surface area (Å²) in [5, 5.41) is 7.19. The summed E-state index contributed by atoms with van der Waals surface area (Å²) in [5.74, 6) is -1.17. The van der Waals surface area contributed by atoms with Gasteiger partial charge in [-0.1, -0.05) is 13.0 Å². The molecule has 3 nitrogen and oxygen atoms in total. The van der Waals surface area contributed by atoms with Crippen LogP contribution in [0.4, 0.5) is 14.5 Å². The highest BCUT2D eigenvalue weighted by atomic mass is 19.1. The Hall–Kier alpha value is -1.91. The van der Waals surface area contributed by atoms with E-state index < -0.39 is 11.6 Å². The highest BCUT2D eigenvalue weighted by molar-refractivity contribution is 5.46. The molecule has 1 aromatic heterocycles. The van der Waals surface area contributed by atoms with Crippen molar-refractivity contribution >= 4 is 5.69 Å². The maximum atomic E-state index is 13.5. The predicted molar refractivity (Wildman–Crippen MR) is 71.0 cm³/mol. The predicted octanol–water partition coefficient (Wildman–Crippen LogP) is 3.36. The van der Waals surface area contributed by atoms with Crippen molar-refractivity contribution in [2.45, 2.75) is 33.4 Å². The topological polar surface area (TPSA) is 29.9 Å². The summed E-state index contributed by atoms with van der Waals surface area (Å²) in [6, 6.07) is 5.77. The Morgan fingerprint density at radius 1 is 1.21 bits per heavy atom. The van der Waals surface area contributed by atoms with E-state index in [0.717, 1.165) is 24.4 Å². The Bertz CT molecular complexity index is 544. The number of aryl methyl sites for hydroxylation is 2. The van der Waals surface area contributed by atoms with Gasteiger partial charge in [0.2, 0.25) is 0 Å². The summed E-state index contributed by atoms with van der Waals surface area (Å²) in [7, 11) is 0. The number of para-hydroxylation sites is 1. The van der Waals surface area contributed by atoms with Gasteiger partial charge in [0.05, 0.1) is 17.9 Å². The van der Waals surface area contributed by atoms with E-state index in [-0.39, 0.29) is 5.69 Å². The molecule has 0 amide bonds. The summed E-state index contributed by atoms with van der Waals surface area (Å²) in [6.45, 7) is 5.09. The molecule has 0 bridgehead atoms. The molecule has 0 spiro atoms. The van der Waals surface area contributed by atoms with Crippen molar-refractivity contribution in [2.75, 3.05) is 5.32 Å². The minimum atomic E-state index is -0.585. The SMILES string of the molecule is CCc1cc(CNc2c(F)cccc2F)n(CC)n1. The summed E-state index contributed by atoms with van der Waals surface area (Å²) in [4.78, 5) is 0. The fraction of sp³-hybridized carbons (Fsp3) is 0.357. The number of rotatable bonds is 5. The van der Waals surface area contributed by atoms with Crippen LogP contribution >= 0.6 is 0 Å². The minimum Gasteiger partial charge on any atom is -0.375 e. The lowest BCUT2D eigenvalue weighted by Gasteiger charge is -2.09. The number of nitrogens with one attached hydrogen (secondary N) is 1. The summed E-state index contributed by atoms with van der Waals surface area (Å²) in [6.07, 6.45) is 0.841. The molecule has 1 aromatic carbocycles. The van der Waals surface area contributed by atoms with Crippen LogP contribution in [0.1, 0.15) is 25.2 Å². The van der Waals surface area contributed by atoms with Crippen molar-refractivity contribution < 1.29 is 8.78 Å². The molecule has 0 radical (unpaired) electrons. The normalized spacial score (nSPS) is 10.7. The molecule has 1 heterocycles. The molecule has 0 saturated carbocycles. The number of halogens is 2. The fourth-order valence-electron chi connectivity index (χ4n) is 1.95. The largest absolute Gasteiger partial charge is 0.375 e. The van der Waals surface area contributed by atoms with E-state index in [2.05, 4.69) is 10.4 Å². The molecule has 0 unspecified atom stereocenters. The van der Waals surface area contributed by atoms with E-state index in [1.54, 1.807) is 0 Å². The molecule has 0 fully saturated rings. The number of hydrogen-bond acceptors (Lipinski definition) is 2. The molecule has 0 aliphatic rings. The van der Waals surface area contributed by atoms with Gasteiger partial charge in [0.25, 0.3) is 0 Å². The van der Waals surface area contributed by atoms with Gasteiger partial charge < -0.3 is 5.32 Å². The standard InChI is InChI=1S/C14H17F2N3/c1-3-10-8-11(19(4-2)18-10)9-17-14-12(15)6-5-7-13(14)16/h5-8,17H,3-4,9H2,1-2H3. The van der Waals surface area contributed by atoms with Gasteiger partial charge in [0, 0.05) is 6.54 Å². The van der Waals surface area contributed by atoms with Crippen LogP contribution in [0.25, 0.3) is 0 Å². The Kier molecular flexibility index (Phi) is 4.14. The van der Waals surface area contributed by atoms with Gasteiger partial charge in [0.1, 0.15) is 17.3 Å². The fourth-order valence-corrected chi connectivity index (χ4v) is 1.95. The maximum Gasteiger partial charge on any atom is 0.149 e. The first kappa shape index (κ1) is 13.5. The Morgan fingerprint density at radius 3 is 2.47 bits per heavy atom. The molecular formula is C14H17F2N3. The van der Waals surface area contributed by atoms with Gasteiger partial charge in [-0.25, -0.2) is 8.78 Å². The molecule has 5 heteroatoms. The van der Waals surface area contributed by atoms with Gasteiger partial charge in [0.15, 0.2) is 0 Å². The average molecular weight is 265 g/mol. The second kappa shape index (κ2) is 5.82. The van der Waals surface area contributed by atoms with Crippen LogP contribution < -0.4 is 5.32 Å². The van der Waals surface area contributed by atoms with Gasteiger partial charge in [-0.05, 0) is 31.5 Å². The van der Waals surface area contributed by atoms with E-state index in [1.807, 2.05) is 24.6 Å². The molecule has 2 rings (SSSR count). The summed E-state index contributed by atoms with van der Waals surface area (Å²) < 4.78 is 28.8. The van der Waals surface area contributed by atoms with Crippen LogP contribution in [-0.2, 0) is 19.5 Å². The van der Waals surface area contributed by atoms with Gasteiger partial charge in [-0.2, -0.15) is 5.10 Å². The van der Waals surface area contributed by atoms with Crippen LogP contribution in [0.3, 0.4) is 0 Å². The number of aromatic nitrogens is 2. The molecule has 0 atom stereocenters. The zero-order valence-electron chi connectivity index (χ0n) is 11.1. The summed E-state index contributed by atoms with van der Waals surface area (Å²) in [5.41, 5.74) is 1.80. The van der Waals surface area contributed by atoms with E-state index >= 15 is 0 Å². The quantitative estimate of drug-likeness (QED) is 0.898. The third kappa shape index (κ3) is 2.92. The van der Waals surface area contributed by atoms with Crippen molar-refractivity contribution in [1.82, 2.24) is 9.78 Å². The minimum absolute atomic E-state index is 0.0931. The molecule has 0 aliphatic heterocycles. The van der Waals surface area contributed by atoms with Gasteiger partial charge in [-0.15, -0.1) is 0 Å². The Labute approximate surface area is 111 Å². The molecule has 2 aromatic rings. The van der Waals surface area contributed by atoms with E-state index in [0.29, 0.717) is 6.54 Å². The van der Waals surface area contributed by atoms with Crippen molar-refractivity contribution in [1.29, 1.82) is 0 Å². The van der Waals surface area contributed by atoms with Crippen molar-refractivity contribution in [2.24, 2.45) is 0 Å². The molecule has 19 heavy (non-hydrogen) atoms. The zero-order chi connectivity index (χ0) is 13.8. The smallest absolute Gasteiger partial charge is 0.149 e. The highest BCUT2D eigenvalue weighted by Gasteiger charge is 2.10. The van der Waals surface area contributed by atoms with Crippen LogP contribution in [0.2, 0.25) is 0 Å². The zero-order valence-corrected chi connectivity index (χ0v) is 11.1. The lowest BCUT2D eigenvalue weighted by atomic mass is 10.2. The highest BCUT2D eigenvalue weighted by Crippen LogP contribution is 2.19. The number of hydrogen-bond donors (Lipinski definition) is 1. The lowest BCUT2D eigenvalue weighted by molar-refractivity contribution is 0.584. The Morgan fingerprint density at radius 2 is 1.89 bits per heavy atom. The molecule has 0 saturated heterocycles. The summed E-state index contributed by atoms with van der Waals surface area (Å²) >= 11 is 0. The third-order valence-corrected chi connectivity index (χ3v) is 2.98. The first-order chi connectivity index (χ1) is 9.15. The van der Waals surface area contributed by atoms with Gasteiger partial charge >= 0.3 is 0 Å². The second-order valence-corrected chi connectivity index (χ2v) is 4.25. The monoisotopic (exact) mass is 265 g/mol. The van der Waals surface area contributed by atoms with Crippen LogP contribution in [0.5, 0.6) is 0 Å². The number of nitrogens with zero attached hydrogens (tertiary/aromatic N) is 2. The van der Waals surface area contributed by atoms with Crippen LogP contribution in [-0.4, -0.2) is 9.78 Å². The van der Waals surface area contributed by atoms with E-state index in [4.69, 9.17) is 0 Å². The van der Waals surface area contributed by atoms with Crippen molar-refractivity contribution in [3.8, 4) is 0 Å². The van der Waals surface area contributed by atoms with E-state index in [1.165, 1.54) is 18.2 Å². The van der Waals surface area contributed by atoms with Gasteiger partial charge in [-0.3, -0.25) is 4.68 Å². The average Bonchev–Trinajstić information content (AvgIpc) is 2.80. The Balaban J connectivity index is 2.16. The van der Waals surface area contributed by atoms with E-state index in [9.17, 15) is 8.78 Å². The van der Waals surface area contributed by atoms with Crippen molar-refractivity contribution in [3.05, 3.63) is 47.3 Å². The van der Waals surface area contributed by atoms with Crippen molar-refractivity contribution in [3.63, 3.8) is 0 Å². The lowest BCUT2D eigenvalue weighted by Crippen LogP contribution is -2.09. The number of anilines is 1. The molecule has 102 valence electrons. The first-order valence-electron chi connectivity index (χ1n) is 6.39. The third-order valence-electron chi connectivity index (χ3n) is 2.98. The first-order valence-corrected chi connectivity index (χ1v) is 6.39. The molecule has 1 N–H and O–H groups in total. The maximum absolute atomic E-state index is 13.5. The molecule has 0 aliphatic carbocycles.